The fraction of sp³-hybridized carbons (Fsp3) is 0.100. The topological polar surface area (TPSA) is 48.0 Å². The molecule has 0 aliphatic rings. The van der Waals surface area contributed by atoms with Crippen LogP contribution in [0.25, 0.3) is 16.8 Å². The first kappa shape index (κ1) is 9.35. The molecule has 0 spiro atoms. The van der Waals surface area contributed by atoms with Crippen molar-refractivity contribution in [3.63, 3.8) is 0 Å². The molecule has 0 fully saturated rings. The van der Waals surface area contributed by atoms with E-state index in [0.29, 0.717) is 5.28 Å². The number of hydrogen-bond acceptors (Lipinski definition) is 3. The summed E-state index contributed by atoms with van der Waals surface area (Å²) in [6.07, 6.45) is 5.65. The smallest absolute Gasteiger partial charge is 0.229 e. The summed E-state index contributed by atoms with van der Waals surface area (Å²) < 4.78 is 3.50. The Hall–Kier alpha value is -1.88. The lowest BCUT2D eigenvalue weighted by atomic mass is 10.2. The third kappa shape index (κ3) is 1.37. The van der Waals surface area contributed by atoms with Crippen LogP contribution >= 0.6 is 11.6 Å². The number of nitrogens with zero attached hydrogens (tertiary/aromatic N) is 5. The monoisotopic (exact) mass is 233 g/mol. The van der Waals surface area contributed by atoms with Crippen LogP contribution in [0.3, 0.4) is 0 Å². The highest BCUT2D eigenvalue weighted by Crippen LogP contribution is 2.20. The summed E-state index contributed by atoms with van der Waals surface area (Å²) in [6.45, 7) is 0. The van der Waals surface area contributed by atoms with Crippen LogP contribution in [-0.2, 0) is 7.05 Å². The van der Waals surface area contributed by atoms with E-state index in [2.05, 4.69) is 15.3 Å². The van der Waals surface area contributed by atoms with E-state index in [0.717, 1.165) is 16.8 Å². The number of hydrogen-bond donors (Lipinski definition) is 0. The number of rotatable bonds is 1. The summed E-state index contributed by atoms with van der Waals surface area (Å²) in [5, 5.41) is 12.2. The van der Waals surface area contributed by atoms with Gasteiger partial charge in [-0.3, -0.25) is 9.08 Å². The first-order chi connectivity index (χ1) is 7.74. The fourth-order valence-corrected chi connectivity index (χ4v) is 1.78. The van der Waals surface area contributed by atoms with Gasteiger partial charge in [-0.2, -0.15) is 5.10 Å². The van der Waals surface area contributed by atoms with Crippen molar-refractivity contribution in [3.8, 4) is 11.1 Å². The van der Waals surface area contributed by atoms with Crippen LogP contribution in [0.5, 0.6) is 0 Å². The standard InChI is InChI=1S/C10H8ClN5/c1-15-5-8(4-12-15)7-2-3-9-13-14-10(11)16(9)6-7/h2-6H,1H3. The minimum atomic E-state index is 0.362. The molecule has 5 nitrogen and oxygen atoms in total. The molecule has 3 aromatic heterocycles. The molecular formula is C10H8ClN5. The van der Waals surface area contributed by atoms with Gasteiger partial charge in [-0.1, -0.05) is 0 Å². The predicted molar refractivity (Wildman–Crippen MR) is 60.2 cm³/mol. The summed E-state index contributed by atoms with van der Waals surface area (Å²) in [5.41, 5.74) is 2.80. The van der Waals surface area contributed by atoms with Crippen LogP contribution in [0.15, 0.2) is 30.7 Å². The van der Waals surface area contributed by atoms with Crippen molar-refractivity contribution in [1.82, 2.24) is 24.4 Å². The Kier molecular flexibility index (Phi) is 1.94. The molecule has 0 saturated heterocycles. The van der Waals surface area contributed by atoms with E-state index in [-0.39, 0.29) is 0 Å². The van der Waals surface area contributed by atoms with Crippen molar-refractivity contribution in [3.05, 3.63) is 36.0 Å². The highest BCUT2D eigenvalue weighted by atomic mass is 35.5. The van der Waals surface area contributed by atoms with Crippen molar-refractivity contribution < 1.29 is 0 Å². The number of aryl methyl sites for hydroxylation is 1. The van der Waals surface area contributed by atoms with Gasteiger partial charge in [0.1, 0.15) is 0 Å². The molecule has 0 unspecified atom stereocenters. The second kappa shape index (κ2) is 3.31. The van der Waals surface area contributed by atoms with Crippen LogP contribution in [0.2, 0.25) is 5.28 Å². The Bertz CT molecular complexity index is 654. The van der Waals surface area contributed by atoms with Crippen molar-refractivity contribution in [2.75, 3.05) is 0 Å². The number of aromatic nitrogens is 5. The van der Waals surface area contributed by atoms with Crippen LogP contribution < -0.4 is 0 Å². The molecule has 3 rings (SSSR count). The average molecular weight is 234 g/mol. The van der Waals surface area contributed by atoms with E-state index < -0.39 is 0 Å². The Morgan fingerprint density at radius 3 is 2.75 bits per heavy atom. The van der Waals surface area contributed by atoms with Crippen LogP contribution in [0.4, 0.5) is 0 Å². The maximum absolute atomic E-state index is 5.91. The zero-order valence-corrected chi connectivity index (χ0v) is 9.26. The lowest BCUT2D eigenvalue weighted by molar-refractivity contribution is 0.768. The zero-order valence-electron chi connectivity index (χ0n) is 8.50. The minimum absolute atomic E-state index is 0.362. The van der Waals surface area contributed by atoms with E-state index in [1.54, 1.807) is 15.3 Å². The van der Waals surface area contributed by atoms with Gasteiger partial charge in [0, 0.05) is 30.6 Å². The minimum Gasteiger partial charge on any atom is -0.275 e. The second-order valence-electron chi connectivity index (χ2n) is 3.52. The van der Waals surface area contributed by atoms with Crippen molar-refractivity contribution in [2.24, 2.45) is 7.05 Å². The normalized spacial score (nSPS) is 11.1. The van der Waals surface area contributed by atoms with Gasteiger partial charge in [-0.05, 0) is 23.7 Å². The molecule has 0 aromatic carbocycles. The van der Waals surface area contributed by atoms with E-state index in [4.69, 9.17) is 11.6 Å². The molecule has 6 heteroatoms. The van der Waals surface area contributed by atoms with Crippen molar-refractivity contribution in [2.45, 2.75) is 0 Å². The van der Waals surface area contributed by atoms with E-state index in [1.165, 1.54) is 0 Å². The molecule has 0 atom stereocenters. The van der Waals surface area contributed by atoms with Gasteiger partial charge in [-0.15, -0.1) is 10.2 Å². The van der Waals surface area contributed by atoms with Crippen LogP contribution in [0.1, 0.15) is 0 Å². The molecule has 0 N–H and O–H groups in total. The molecule has 3 aromatic rings. The summed E-state index contributed by atoms with van der Waals surface area (Å²) in [5.74, 6) is 0. The van der Waals surface area contributed by atoms with Crippen molar-refractivity contribution in [1.29, 1.82) is 0 Å². The largest absolute Gasteiger partial charge is 0.275 e. The Morgan fingerprint density at radius 2 is 2.00 bits per heavy atom. The third-order valence-corrected chi connectivity index (χ3v) is 2.66. The molecule has 0 amide bonds. The molecule has 0 aliphatic heterocycles. The molecule has 16 heavy (non-hydrogen) atoms. The van der Waals surface area contributed by atoms with E-state index in [1.807, 2.05) is 31.6 Å². The SMILES string of the molecule is Cn1cc(-c2ccc3nnc(Cl)n3c2)cn1. The van der Waals surface area contributed by atoms with Gasteiger partial charge in [0.15, 0.2) is 5.65 Å². The van der Waals surface area contributed by atoms with Crippen LogP contribution in [-0.4, -0.2) is 24.4 Å². The summed E-state index contributed by atoms with van der Waals surface area (Å²) >= 11 is 5.91. The highest BCUT2D eigenvalue weighted by molar-refractivity contribution is 6.28. The molecular weight excluding hydrogens is 226 g/mol. The molecule has 0 saturated carbocycles. The molecule has 0 aliphatic carbocycles. The Labute approximate surface area is 96.3 Å². The molecule has 80 valence electrons. The zero-order chi connectivity index (χ0) is 11.1. The Morgan fingerprint density at radius 1 is 1.12 bits per heavy atom. The lowest BCUT2D eigenvalue weighted by Gasteiger charge is -1.98. The molecule has 3 heterocycles. The second-order valence-corrected chi connectivity index (χ2v) is 3.86. The number of pyridine rings is 1. The van der Waals surface area contributed by atoms with Gasteiger partial charge in [0.25, 0.3) is 0 Å². The summed E-state index contributed by atoms with van der Waals surface area (Å²) in [7, 11) is 1.88. The highest BCUT2D eigenvalue weighted by Gasteiger charge is 2.05. The number of halogens is 1. The predicted octanol–water partition coefficient (Wildman–Crippen LogP) is 1.78. The van der Waals surface area contributed by atoms with Crippen molar-refractivity contribution >= 4 is 17.2 Å². The maximum Gasteiger partial charge on any atom is 0.229 e. The molecule has 0 bridgehead atoms. The van der Waals surface area contributed by atoms with E-state index in [9.17, 15) is 0 Å². The average Bonchev–Trinajstić information content (AvgIpc) is 2.86. The molecule has 0 radical (unpaired) electrons. The lowest BCUT2D eigenvalue weighted by Crippen LogP contribution is -1.86. The van der Waals surface area contributed by atoms with Gasteiger partial charge < -0.3 is 0 Å². The fourth-order valence-electron chi connectivity index (χ4n) is 1.60. The first-order valence-corrected chi connectivity index (χ1v) is 5.11. The van der Waals surface area contributed by atoms with E-state index >= 15 is 0 Å². The summed E-state index contributed by atoms with van der Waals surface area (Å²) in [4.78, 5) is 0. The first-order valence-electron chi connectivity index (χ1n) is 4.73. The summed E-state index contributed by atoms with van der Waals surface area (Å²) in [6, 6.07) is 3.85. The Balaban J connectivity index is 2.21. The van der Waals surface area contributed by atoms with Gasteiger partial charge >= 0.3 is 0 Å². The number of fused-ring (bicyclic) bond motifs is 1. The quantitative estimate of drug-likeness (QED) is 0.644. The van der Waals surface area contributed by atoms with Gasteiger partial charge in [0.2, 0.25) is 5.28 Å². The van der Waals surface area contributed by atoms with Gasteiger partial charge in [0.05, 0.1) is 6.20 Å². The van der Waals surface area contributed by atoms with Gasteiger partial charge in [-0.25, -0.2) is 0 Å². The maximum atomic E-state index is 5.91. The third-order valence-electron chi connectivity index (χ3n) is 2.40. The van der Waals surface area contributed by atoms with Crippen LogP contribution in [0, 0.1) is 0 Å².